The molecule has 1 saturated heterocycles. The smallest absolute Gasteiger partial charge is 0.327 e. The Morgan fingerprint density at radius 1 is 0.909 bits per heavy atom. The quantitative estimate of drug-likeness (QED) is 0.134. The van der Waals surface area contributed by atoms with Crippen LogP contribution in [0.5, 0.6) is 0 Å². The van der Waals surface area contributed by atoms with E-state index in [1.807, 2.05) is 13.8 Å². The summed E-state index contributed by atoms with van der Waals surface area (Å²) in [7, 11) is -2.31. The third kappa shape index (κ3) is 10.8. The van der Waals surface area contributed by atoms with Crippen molar-refractivity contribution in [2.24, 2.45) is 11.8 Å². The van der Waals surface area contributed by atoms with Crippen molar-refractivity contribution in [1.82, 2.24) is 21.3 Å². The highest BCUT2D eigenvalue weighted by Gasteiger charge is 2.57. The van der Waals surface area contributed by atoms with E-state index in [2.05, 4.69) is 55.1 Å². The van der Waals surface area contributed by atoms with Gasteiger partial charge in [0.2, 0.25) is 23.6 Å². The maximum atomic E-state index is 13.4. The molecule has 2 unspecified atom stereocenters. The molecule has 1 heterocycles. The third-order valence-electron chi connectivity index (χ3n) is 9.04. The molecule has 44 heavy (non-hydrogen) atoms. The first-order valence-corrected chi connectivity index (χ1v) is 18.9. The van der Waals surface area contributed by atoms with Crippen LogP contribution >= 0.6 is 0 Å². The summed E-state index contributed by atoms with van der Waals surface area (Å²) < 4.78 is 12.3. The number of hydrogen-bond donors (Lipinski definition) is 5. The van der Waals surface area contributed by atoms with Crippen LogP contribution in [-0.2, 0) is 33.4 Å². The van der Waals surface area contributed by atoms with Crippen LogP contribution in [0, 0.1) is 11.8 Å². The lowest BCUT2D eigenvalue weighted by molar-refractivity contribution is -0.211. The van der Waals surface area contributed by atoms with E-state index in [1.165, 1.54) is 13.8 Å². The van der Waals surface area contributed by atoms with E-state index in [-0.39, 0.29) is 29.8 Å². The summed E-state index contributed by atoms with van der Waals surface area (Å²) in [6.45, 7) is 21.0. The summed E-state index contributed by atoms with van der Waals surface area (Å²) in [6, 6.07) is -2.91. The van der Waals surface area contributed by atoms with Crippen molar-refractivity contribution >= 4 is 37.7 Å². The molecule has 0 aromatic heterocycles. The Bertz CT molecular complexity index is 1010. The van der Waals surface area contributed by atoms with Crippen molar-refractivity contribution in [2.75, 3.05) is 13.2 Å². The standard InChI is InChI=1S/C31H58N4O8Si/c1-12-20(4)26(35-29(41)25(19(2)3)34-27(39)22(6)33-23(37)17-21(5)36)28(40)32-18-24(38)43-31(15-13-14-16-42-31)44(10,11)30(7,8)9/h19-22,25-26,36H,12-18H2,1-11H3,(H,32,40)(H,33,37)(H,34,39)(H,35,41)/t20-,21?,22-,25-,26-,31?/m0/s1. The van der Waals surface area contributed by atoms with E-state index in [0.717, 1.165) is 12.8 Å². The number of aliphatic hydroxyl groups excluding tert-OH is 1. The molecule has 6 atom stereocenters. The van der Waals surface area contributed by atoms with E-state index in [0.29, 0.717) is 19.4 Å². The van der Waals surface area contributed by atoms with Gasteiger partial charge in [-0.2, -0.15) is 0 Å². The van der Waals surface area contributed by atoms with Crippen LogP contribution in [0.4, 0.5) is 0 Å². The Morgan fingerprint density at radius 2 is 1.50 bits per heavy atom. The average Bonchev–Trinajstić information content (AvgIpc) is 2.91. The van der Waals surface area contributed by atoms with Crippen LogP contribution in [0.3, 0.4) is 0 Å². The number of ether oxygens (including phenoxy) is 2. The number of amides is 4. The highest BCUT2D eigenvalue weighted by molar-refractivity contribution is 6.82. The molecule has 1 fully saturated rings. The molecule has 0 bridgehead atoms. The lowest BCUT2D eigenvalue weighted by Crippen LogP contribution is -2.65. The molecule has 0 saturated carbocycles. The van der Waals surface area contributed by atoms with Gasteiger partial charge in [0.1, 0.15) is 32.7 Å². The lowest BCUT2D eigenvalue weighted by atomic mass is 9.96. The van der Waals surface area contributed by atoms with Crippen LogP contribution < -0.4 is 21.3 Å². The Hall–Kier alpha value is -2.51. The second-order valence-corrected chi connectivity index (χ2v) is 19.6. The minimum absolute atomic E-state index is 0.108. The van der Waals surface area contributed by atoms with Gasteiger partial charge in [-0.1, -0.05) is 68.0 Å². The van der Waals surface area contributed by atoms with Gasteiger partial charge in [0.05, 0.1) is 19.1 Å². The summed E-state index contributed by atoms with van der Waals surface area (Å²) in [5, 5.41) is 19.8. The van der Waals surface area contributed by atoms with Gasteiger partial charge in [-0.3, -0.25) is 24.0 Å². The second-order valence-electron chi connectivity index (χ2n) is 14.1. The van der Waals surface area contributed by atoms with Crippen molar-refractivity contribution in [3.63, 3.8) is 0 Å². The first-order valence-electron chi connectivity index (χ1n) is 15.9. The van der Waals surface area contributed by atoms with Gasteiger partial charge in [0.25, 0.3) is 0 Å². The van der Waals surface area contributed by atoms with E-state index in [9.17, 15) is 29.1 Å². The van der Waals surface area contributed by atoms with Crippen LogP contribution in [0.25, 0.3) is 0 Å². The van der Waals surface area contributed by atoms with Gasteiger partial charge >= 0.3 is 5.97 Å². The van der Waals surface area contributed by atoms with Gasteiger partial charge in [0, 0.05) is 6.42 Å². The molecule has 1 aliphatic rings. The highest BCUT2D eigenvalue weighted by atomic mass is 28.3. The fourth-order valence-electron chi connectivity index (χ4n) is 4.92. The van der Waals surface area contributed by atoms with Crippen molar-refractivity contribution < 1.29 is 38.6 Å². The summed E-state index contributed by atoms with van der Waals surface area (Å²) in [5.74, 6) is -3.39. The van der Waals surface area contributed by atoms with E-state index >= 15 is 0 Å². The van der Waals surface area contributed by atoms with E-state index in [1.54, 1.807) is 13.8 Å². The number of hydrogen-bond acceptors (Lipinski definition) is 8. The summed E-state index contributed by atoms with van der Waals surface area (Å²) >= 11 is 0. The minimum atomic E-state index is -2.31. The first-order chi connectivity index (χ1) is 20.2. The largest absolute Gasteiger partial charge is 0.436 e. The molecule has 0 aromatic rings. The molecule has 4 amide bonds. The zero-order valence-corrected chi connectivity index (χ0v) is 29.7. The lowest BCUT2D eigenvalue weighted by Gasteiger charge is -2.52. The van der Waals surface area contributed by atoms with Gasteiger partial charge in [-0.05, 0) is 43.6 Å². The molecule has 0 aromatic carbocycles. The van der Waals surface area contributed by atoms with Crippen molar-refractivity contribution in [2.45, 2.75) is 142 Å². The summed E-state index contributed by atoms with van der Waals surface area (Å²) in [5.41, 5.74) is -0.995. The van der Waals surface area contributed by atoms with Crippen LogP contribution in [0.15, 0.2) is 0 Å². The number of carbonyl (C=O) groups excluding carboxylic acids is 5. The van der Waals surface area contributed by atoms with Gasteiger partial charge < -0.3 is 35.8 Å². The number of aliphatic hydroxyl groups is 1. The predicted octanol–water partition coefficient (Wildman–Crippen LogP) is 2.54. The van der Waals surface area contributed by atoms with Crippen LogP contribution in [-0.4, -0.2) is 85.6 Å². The number of rotatable bonds is 15. The summed E-state index contributed by atoms with van der Waals surface area (Å²) in [4.78, 5) is 64.6. The highest BCUT2D eigenvalue weighted by Crippen LogP contribution is 2.48. The maximum Gasteiger partial charge on any atom is 0.327 e. The monoisotopic (exact) mass is 642 g/mol. The topological polar surface area (TPSA) is 172 Å². The number of esters is 1. The molecular formula is C31H58N4O8Si. The van der Waals surface area contributed by atoms with Gasteiger partial charge in [0.15, 0.2) is 5.41 Å². The number of carbonyl (C=O) groups is 5. The predicted molar refractivity (Wildman–Crippen MR) is 171 cm³/mol. The van der Waals surface area contributed by atoms with E-state index in [4.69, 9.17) is 9.47 Å². The van der Waals surface area contributed by atoms with Gasteiger partial charge in [-0.15, -0.1) is 0 Å². The Labute approximate surface area is 264 Å². The fraction of sp³-hybridized carbons (Fsp3) is 0.839. The van der Waals surface area contributed by atoms with E-state index < -0.39 is 67.3 Å². The van der Waals surface area contributed by atoms with Crippen LogP contribution in [0.2, 0.25) is 18.1 Å². The molecule has 0 radical (unpaired) electrons. The fourth-order valence-corrected chi connectivity index (χ4v) is 7.70. The SMILES string of the molecule is CC[C@H](C)[C@H](NC(=O)[C@@H](NC(=O)[C@H](C)NC(=O)CC(C)O)C(C)C)C(=O)NCC(=O)OC1([Si](C)(C)C(C)(C)C)CCCCO1. The van der Waals surface area contributed by atoms with Crippen molar-refractivity contribution in [1.29, 1.82) is 0 Å². The molecule has 12 nitrogen and oxygen atoms in total. The van der Waals surface area contributed by atoms with Crippen LogP contribution in [0.1, 0.15) is 94.4 Å². The number of nitrogens with one attached hydrogen (secondary N) is 4. The zero-order chi connectivity index (χ0) is 34.0. The normalized spacial score (nSPS) is 20.8. The minimum Gasteiger partial charge on any atom is -0.436 e. The Morgan fingerprint density at radius 3 is 1.98 bits per heavy atom. The average molecular weight is 643 g/mol. The maximum absolute atomic E-state index is 13.4. The molecule has 5 N–H and O–H groups in total. The third-order valence-corrected chi connectivity index (χ3v) is 15.2. The van der Waals surface area contributed by atoms with Crippen molar-refractivity contribution in [3.05, 3.63) is 0 Å². The molecule has 0 spiro atoms. The van der Waals surface area contributed by atoms with Gasteiger partial charge in [-0.25, -0.2) is 0 Å². The molecule has 254 valence electrons. The zero-order valence-electron chi connectivity index (χ0n) is 28.7. The second kappa shape index (κ2) is 16.7. The molecule has 0 aliphatic carbocycles. The Balaban J connectivity index is 2.97. The molecule has 1 aliphatic heterocycles. The molecular weight excluding hydrogens is 584 g/mol. The Kier molecular flexibility index (Phi) is 15.0. The summed E-state index contributed by atoms with van der Waals surface area (Å²) in [6.07, 6.45) is 1.94. The molecule has 1 rings (SSSR count). The first kappa shape index (κ1) is 39.5. The molecule has 13 heteroatoms. The van der Waals surface area contributed by atoms with Crippen molar-refractivity contribution in [3.8, 4) is 0 Å².